The van der Waals surface area contributed by atoms with E-state index in [9.17, 15) is 15.3 Å². The van der Waals surface area contributed by atoms with E-state index in [0.29, 0.717) is 0 Å². The Hall–Kier alpha value is -0.980. The molecular formula is C12H16O5. The van der Waals surface area contributed by atoms with E-state index < -0.39 is 24.6 Å². The molecule has 17 heavy (non-hydrogen) atoms. The molecule has 0 spiro atoms. The molecule has 0 aliphatic carbocycles. The molecule has 3 N–H and O–H groups in total. The molecule has 4 atom stereocenters. The number of hydrogen-bond donors (Lipinski definition) is 3. The summed E-state index contributed by atoms with van der Waals surface area (Å²) < 4.78 is 10.5. The van der Waals surface area contributed by atoms with E-state index in [1.807, 2.05) is 30.3 Å². The minimum absolute atomic E-state index is 0.0440. The average molecular weight is 240 g/mol. The molecule has 1 saturated heterocycles. The molecule has 0 bridgehead atoms. The monoisotopic (exact) mass is 240 g/mol. The lowest BCUT2D eigenvalue weighted by atomic mass is 10.1. The summed E-state index contributed by atoms with van der Waals surface area (Å²) in [5, 5.41) is 28.3. The van der Waals surface area contributed by atoms with Crippen molar-refractivity contribution in [3.8, 4) is 0 Å². The third-order valence-electron chi connectivity index (χ3n) is 2.71. The molecule has 0 aromatic heterocycles. The lowest BCUT2D eigenvalue weighted by molar-refractivity contribution is -0.273. The maximum atomic E-state index is 9.63. The van der Waals surface area contributed by atoms with Crippen LogP contribution in [0.1, 0.15) is 5.56 Å². The molecule has 1 aliphatic rings. The Morgan fingerprint density at radius 2 is 1.82 bits per heavy atom. The fourth-order valence-corrected chi connectivity index (χ4v) is 1.68. The van der Waals surface area contributed by atoms with Crippen molar-refractivity contribution in [2.75, 3.05) is 6.61 Å². The SMILES string of the molecule is O[C@@H]1[C@@H](O)[C@@H](OCc2ccccc2)OC[C@@H]1O. The molecule has 1 fully saturated rings. The van der Waals surface area contributed by atoms with Crippen molar-refractivity contribution < 1.29 is 24.8 Å². The molecular weight excluding hydrogens is 224 g/mol. The van der Waals surface area contributed by atoms with Gasteiger partial charge >= 0.3 is 0 Å². The van der Waals surface area contributed by atoms with Crippen LogP contribution in [0, 0.1) is 0 Å². The zero-order chi connectivity index (χ0) is 12.3. The zero-order valence-corrected chi connectivity index (χ0v) is 9.27. The van der Waals surface area contributed by atoms with Crippen LogP contribution in [0.4, 0.5) is 0 Å². The minimum atomic E-state index is -1.23. The largest absolute Gasteiger partial charge is 0.388 e. The number of hydrogen-bond acceptors (Lipinski definition) is 5. The first-order valence-corrected chi connectivity index (χ1v) is 5.50. The second kappa shape index (κ2) is 5.57. The van der Waals surface area contributed by atoms with Crippen LogP contribution in [0.15, 0.2) is 30.3 Å². The van der Waals surface area contributed by atoms with Gasteiger partial charge < -0.3 is 24.8 Å². The third-order valence-corrected chi connectivity index (χ3v) is 2.71. The second-order valence-corrected chi connectivity index (χ2v) is 4.05. The first-order chi connectivity index (χ1) is 8.18. The molecule has 0 unspecified atom stereocenters. The van der Waals surface area contributed by atoms with Gasteiger partial charge in [0.1, 0.15) is 18.3 Å². The molecule has 2 rings (SSSR count). The van der Waals surface area contributed by atoms with Gasteiger partial charge in [-0.1, -0.05) is 30.3 Å². The average Bonchev–Trinajstić information content (AvgIpc) is 2.36. The highest BCUT2D eigenvalue weighted by molar-refractivity contribution is 5.13. The Bertz CT molecular complexity index is 342. The highest BCUT2D eigenvalue weighted by Gasteiger charge is 2.38. The summed E-state index contributed by atoms with van der Waals surface area (Å²) in [5.41, 5.74) is 0.948. The van der Waals surface area contributed by atoms with E-state index in [2.05, 4.69) is 0 Å². The number of aliphatic hydroxyl groups excluding tert-OH is 3. The predicted molar refractivity (Wildman–Crippen MR) is 59.0 cm³/mol. The molecule has 0 amide bonds. The van der Waals surface area contributed by atoms with E-state index in [1.54, 1.807) is 0 Å². The van der Waals surface area contributed by atoms with Gasteiger partial charge in [0.25, 0.3) is 0 Å². The van der Waals surface area contributed by atoms with E-state index in [1.165, 1.54) is 0 Å². The molecule has 94 valence electrons. The van der Waals surface area contributed by atoms with Crippen LogP contribution in [0.3, 0.4) is 0 Å². The quantitative estimate of drug-likeness (QED) is 0.672. The van der Waals surface area contributed by atoms with Gasteiger partial charge in [-0.15, -0.1) is 0 Å². The standard InChI is InChI=1S/C12H16O5/c13-9-7-17-12(11(15)10(9)14)16-6-8-4-2-1-3-5-8/h1-5,9-15H,6-7H2/t9-,10-,11+,12-/m0/s1. The van der Waals surface area contributed by atoms with Crippen LogP contribution < -0.4 is 0 Å². The van der Waals surface area contributed by atoms with Crippen LogP contribution in [-0.4, -0.2) is 46.5 Å². The van der Waals surface area contributed by atoms with Crippen LogP contribution >= 0.6 is 0 Å². The number of aliphatic hydroxyl groups is 3. The van der Waals surface area contributed by atoms with E-state index >= 15 is 0 Å². The smallest absolute Gasteiger partial charge is 0.186 e. The molecule has 1 aromatic carbocycles. The van der Waals surface area contributed by atoms with Gasteiger partial charge in [-0.05, 0) is 5.56 Å². The lowest BCUT2D eigenvalue weighted by Crippen LogP contribution is -2.53. The Labute approximate surface area is 99.2 Å². The summed E-state index contributed by atoms with van der Waals surface area (Å²) in [6.45, 7) is 0.239. The van der Waals surface area contributed by atoms with Gasteiger partial charge in [-0.2, -0.15) is 0 Å². The first-order valence-electron chi connectivity index (χ1n) is 5.50. The summed E-state index contributed by atoms with van der Waals surface area (Å²) in [5.74, 6) is 0. The molecule has 5 heteroatoms. The van der Waals surface area contributed by atoms with E-state index in [4.69, 9.17) is 9.47 Å². The highest BCUT2D eigenvalue weighted by atomic mass is 16.7. The predicted octanol–water partition coefficient (Wildman–Crippen LogP) is -0.358. The topological polar surface area (TPSA) is 79.2 Å². The van der Waals surface area contributed by atoms with Crippen molar-refractivity contribution in [1.29, 1.82) is 0 Å². The summed E-state index contributed by atoms with van der Waals surface area (Å²) in [6, 6.07) is 9.45. The van der Waals surface area contributed by atoms with Crippen molar-refractivity contribution in [2.45, 2.75) is 31.2 Å². The first kappa shape index (κ1) is 12.5. The van der Waals surface area contributed by atoms with Gasteiger partial charge in [0.05, 0.1) is 13.2 Å². The van der Waals surface area contributed by atoms with Gasteiger partial charge in [-0.25, -0.2) is 0 Å². The summed E-state index contributed by atoms with van der Waals surface area (Å²) >= 11 is 0. The van der Waals surface area contributed by atoms with Crippen molar-refractivity contribution in [2.24, 2.45) is 0 Å². The van der Waals surface area contributed by atoms with Crippen LogP contribution in [0.2, 0.25) is 0 Å². The minimum Gasteiger partial charge on any atom is -0.388 e. The maximum absolute atomic E-state index is 9.63. The molecule has 1 heterocycles. The molecule has 0 radical (unpaired) electrons. The van der Waals surface area contributed by atoms with Crippen LogP contribution in [0.25, 0.3) is 0 Å². The van der Waals surface area contributed by atoms with Gasteiger partial charge in [0.2, 0.25) is 0 Å². The number of rotatable bonds is 3. The zero-order valence-electron chi connectivity index (χ0n) is 9.27. The maximum Gasteiger partial charge on any atom is 0.186 e. The van der Waals surface area contributed by atoms with Gasteiger partial charge in [0.15, 0.2) is 6.29 Å². The fourth-order valence-electron chi connectivity index (χ4n) is 1.68. The van der Waals surface area contributed by atoms with E-state index in [-0.39, 0.29) is 13.2 Å². The Balaban J connectivity index is 1.87. The molecule has 0 saturated carbocycles. The number of benzene rings is 1. The van der Waals surface area contributed by atoms with Crippen LogP contribution in [-0.2, 0) is 16.1 Å². The van der Waals surface area contributed by atoms with Gasteiger partial charge in [0, 0.05) is 0 Å². The van der Waals surface area contributed by atoms with Gasteiger partial charge in [-0.3, -0.25) is 0 Å². The molecule has 5 nitrogen and oxygen atoms in total. The van der Waals surface area contributed by atoms with Crippen molar-refractivity contribution in [3.63, 3.8) is 0 Å². The van der Waals surface area contributed by atoms with Crippen molar-refractivity contribution in [1.82, 2.24) is 0 Å². The van der Waals surface area contributed by atoms with Crippen LogP contribution in [0.5, 0.6) is 0 Å². The Morgan fingerprint density at radius 1 is 1.12 bits per heavy atom. The lowest BCUT2D eigenvalue weighted by Gasteiger charge is -2.34. The highest BCUT2D eigenvalue weighted by Crippen LogP contribution is 2.17. The molecule has 1 aliphatic heterocycles. The summed E-state index contributed by atoms with van der Waals surface area (Å²) in [7, 11) is 0. The fraction of sp³-hybridized carbons (Fsp3) is 0.500. The molecule has 1 aromatic rings. The van der Waals surface area contributed by atoms with Crippen molar-refractivity contribution >= 4 is 0 Å². The number of ether oxygens (including phenoxy) is 2. The second-order valence-electron chi connectivity index (χ2n) is 4.05. The Morgan fingerprint density at radius 3 is 2.53 bits per heavy atom. The Kier molecular flexibility index (Phi) is 4.09. The third kappa shape index (κ3) is 3.02. The van der Waals surface area contributed by atoms with Crippen molar-refractivity contribution in [3.05, 3.63) is 35.9 Å². The summed E-state index contributed by atoms with van der Waals surface area (Å²) in [6.07, 6.45) is -4.44. The normalized spacial score (nSPS) is 33.6. The van der Waals surface area contributed by atoms with E-state index in [0.717, 1.165) is 5.56 Å². The summed E-state index contributed by atoms with van der Waals surface area (Å²) in [4.78, 5) is 0.